The number of primary amides is 1. The lowest BCUT2D eigenvalue weighted by atomic mass is 10.1. The zero-order valence-electron chi connectivity index (χ0n) is 11.1. The molecule has 5 heteroatoms. The molecular formula is C16H12N2O3. The Hall–Kier alpha value is -2.95. The van der Waals surface area contributed by atoms with Gasteiger partial charge in [-0.15, -0.1) is 0 Å². The van der Waals surface area contributed by atoms with Crippen LogP contribution in [0.2, 0.25) is 0 Å². The van der Waals surface area contributed by atoms with Crippen molar-refractivity contribution in [1.29, 1.82) is 0 Å². The van der Waals surface area contributed by atoms with Crippen LogP contribution in [0.25, 0.3) is 0 Å². The molecule has 1 aliphatic heterocycles. The number of carbonyl (C=O) groups is 3. The molecule has 0 aromatic heterocycles. The minimum absolute atomic E-state index is 0.0242. The maximum atomic E-state index is 12.4. The molecule has 2 aromatic rings. The van der Waals surface area contributed by atoms with E-state index < -0.39 is 5.91 Å². The van der Waals surface area contributed by atoms with E-state index in [0.29, 0.717) is 22.4 Å². The summed E-state index contributed by atoms with van der Waals surface area (Å²) in [7, 11) is 0. The van der Waals surface area contributed by atoms with E-state index in [1.807, 2.05) is 0 Å². The summed E-state index contributed by atoms with van der Waals surface area (Å²) in [6.45, 7) is 0. The molecule has 5 nitrogen and oxygen atoms in total. The number of benzene rings is 2. The van der Waals surface area contributed by atoms with Crippen molar-refractivity contribution in [3.8, 4) is 0 Å². The SMILES string of the molecule is NC(=O)Cc1ccccc1N1C(=O)c2ccccc2C1=O. The Morgan fingerprint density at radius 2 is 1.43 bits per heavy atom. The molecule has 0 saturated heterocycles. The number of amides is 3. The number of hydrogen-bond donors (Lipinski definition) is 1. The van der Waals surface area contributed by atoms with Gasteiger partial charge in [0.1, 0.15) is 0 Å². The summed E-state index contributed by atoms with van der Waals surface area (Å²) in [5, 5.41) is 0. The van der Waals surface area contributed by atoms with Crippen molar-refractivity contribution >= 4 is 23.4 Å². The normalized spacial score (nSPS) is 13.4. The number of carbonyl (C=O) groups excluding carboxylic acids is 3. The first-order valence-electron chi connectivity index (χ1n) is 6.43. The highest BCUT2D eigenvalue weighted by molar-refractivity contribution is 6.34. The lowest BCUT2D eigenvalue weighted by Gasteiger charge is -2.17. The first-order chi connectivity index (χ1) is 10.1. The van der Waals surface area contributed by atoms with Gasteiger partial charge in [-0.05, 0) is 23.8 Å². The van der Waals surface area contributed by atoms with E-state index in [1.54, 1.807) is 48.5 Å². The molecular weight excluding hydrogens is 268 g/mol. The van der Waals surface area contributed by atoms with Crippen LogP contribution < -0.4 is 10.6 Å². The van der Waals surface area contributed by atoms with Crippen LogP contribution in [0.15, 0.2) is 48.5 Å². The van der Waals surface area contributed by atoms with Crippen molar-refractivity contribution < 1.29 is 14.4 Å². The number of anilines is 1. The van der Waals surface area contributed by atoms with Crippen LogP contribution in [0.3, 0.4) is 0 Å². The van der Waals surface area contributed by atoms with Crippen molar-refractivity contribution in [3.63, 3.8) is 0 Å². The summed E-state index contributed by atoms with van der Waals surface area (Å²) in [5.74, 6) is -1.28. The Kier molecular flexibility index (Phi) is 3.02. The highest BCUT2D eigenvalue weighted by Gasteiger charge is 2.37. The fraction of sp³-hybridized carbons (Fsp3) is 0.0625. The van der Waals surface area contributed by atoms with Crippen LogP contribution in [0.5, 0.6) is 0 Å². The van der Waals surface area contributed by atoms with E-state index in [-0.39, 0.29) is 18.2 Å². The minimum Gasteiger partial charge on any atom is -0.369 e. The van der Waals surface area contributed by atoms with Gasteiger partial charge in [0.2, 0.25) is 5.91 Å². The van der Waals surface area contributed by atoms with Crippen LogP contribution in [0, 0.1) is 0 Å². The largest absolute Gasteiger partial charge is 0.369 e. The Bertz CT molecular complexity index is 733. The van der Waals surface area contributed by atoms with E-state index in [9.17, 15) is 14.4 Å². The first kappa shape index (κ1) is 13.1. The van der Waals surface area contributed by atoms with Crippen LogP contribution >= 0.6 is 0 Å². The van der Waals surface area contributed by atoms with Crippen molar-refractivity contribution in [2.24, 2.45) is 5.73 Å². The van der Waals surface area contributed by atoms with Crippen LogP contribution in [-0.4, -0.2) is 17.7 Å². The van der Waals surface area contributed by atoms with E-state index in [2.05, 4.69) is 0 Å². The number of rotatable bonds is 3. The molecule has 3 rings (SSSR count). The maximum Gasteiger partial charge on any atom is 0.266 e. The average Bonchev–Trinajstić information content (AvgIpc) is 2.72. The zero-order chi connectivity index (χ0) is 15.0. The fourth-order valence-corrected chi connectivity index (χ4v) is 2.47. The van der Waals surface area contributed by atoms with Crippen molar-refractivity contribution in [1.82, 2.24) is 0 Å². The van der Waals surface area contributed by atoms with E-state index in [1.165, 1.54) is 0 Å². The Labute approximate surface area is 121 Å². The first-order valence-corrected chi connectivity index (χ1v) is 6.43. The van der Waals surface area contributed by atoms with Crippen molar-refractivity contribution in [2.45, 2.75) is 6.42 Å². The number of imide groups is 1. The second-order valence-electron chi connectivity index (χ2n) is 4.76. The number of nitrogens with two attached hydrogens (primary N) is 1. The van der Waals surface area contributed by atoms with Gasteiger partial charge in [0.05, 0.1) is 23.2 Å². The molecule has 0 radical (unpaired) electrons. The van der Waals surface area contributed by atoms with Crippen molar-refractivity contribution in [3.05, 3.63) is 65.2 Å². The van der Waals surface area contributed by atoms with Gasteiger partial charge in [-0.3, -0.25) is 14.4 Å². The molecule has 104 valence electrons. The van der Waals surface area contributed by atoms with E-state index in [4.69, 9.17) is 5.73 Å². The number of hydrogen-bond acceptors (Lipinski definition) is 3. The van der Waals surface area contributed by atoms with Gasteiger partial charge < -0.3 is 5.73 Å². The molecule has 0 bridgehead atoms. The average molecular weight is 280 g/mol. The van der Waals surface area contributed by atoms with Gasteiger partial charge in [0.15, 0.2) is 0 Å². The standard InChI is InChI=1S/C16H12N2O3/c17-14(19)9-10-5-1-4-8-13(10)18-15(20)11-6-2-3-7-12(11)16(18)21/h1-8H,9H2,(H2,17,19). The van der Waals surface area contributed by atoms with E-state index >= 15 is 0 Å². The summed E-state index contributed by atoms with van der Waals surface area (Å²) in [6.07, 6.45) is -0.0242. The number of para-hydroxylation sites is 1. The maximum absolute atomic E-state index is 12.4. The molecule has 1 heterocycles. The Morgan fingerprint density at radius 1 is 0.905 bits per heavy atom. The highest BCUT2D eigenvalue weighted by atomic mass is 16.2. The lowest BCUT2D eigenvalue weighted by Crippen LogP contribution is -2.31. The highest BCUT2D eigenvalue weighted by Crippen LogP contribution is 2.30. The van der Waals surface area contributed by atoms with Gasteiger partial charge in [-0.2, -0.15) is 0 Å². The lowest BCUT2D eigenvalue weighted by molar-refractivity contribution is -0.117. The van der Waals surface area contributed by atoms with Gasteiger partial charge in [-0.1, -0.05) is 30.3 Å². The monoisotopic (exact) mass is 280 g/mol. The van der Waals surface area contributed by atoms with Gasteiger partial charge in [0.25, 0.3) is 11.8 Å². The minimum atomic E-state index is -0.515. The molecule has 2 N–H and O–H groups in total. The summed E-state index contributed by atoms with van der Waals surface area (Å²) in [4.78, 5) is 37.1. The summed E-state index contributed by atoms with van der Waals surface area (Å²) in [5.41, 5.74) is 6.92. The smallest absolute Gasteiger partial charge is 0.266 e. The van der Waals surface area contributed by atoms with Gasteiger partial charge in [-0.25, -0.2) is 4.90 Å². The van der Waals surface area contributed by atoms with Crippen LogP contribution in [0.1, 0.15) is 26.3 Å². The quantitative estimate of drug-likeness (QED) is 0.865. The summed E-state index contributed by atoms with van der Waals surface area (Å²) in [6, 6.07) is 13.4. The van der Waals surface area contributed by atoms with Crippen LogP contribution in [-0.2, 0) is 11.2 Å². The molecule has 3 amide bonds. The molecule has 1 aliphatic rings. The molecule has 0 saturated carbocycles. The molecule has 2 aromatic carbocycles. The molecule has 0 unspecified atom stereocenters. The van der Waals surface area contributed by atoms with E-state index in [0.717, 1.165) is 4.90 Å². The Balaban J connectivity index is 2.09. The summed E-state index contributed by atoms with van der Waals surface area (Å²) >= 11 is 0. The fourth-order valence-electron chi connectivity index (χ4n) is 2.47. The van der Waals surface area contributed by atoms with Gasteiger partial charge in [0, 0.05) is 0 Å². The Morgan fingerprint density at radius 3 is 2.00 bits per heavy atom. The molecule has 0 atom stereocenters. The second-order valence-corrected chi connectivity index (χ2v) is 4.76. The topological polar surface area (TPSA) is 80.5 Å². The van der Waals surface area contributed by atoms with Crippen molar-refractivity contribution in [2.75, 3.05) is 4.90 Å². The molecule has 21 heavy (non-hydrogen) atoms. The second kappa shape index (κ2) is 4.86. The third kappa shape index (κ3) is 2.08. The predicted molar refractivity (Wildman–Crippen MR) is 76.9 cm³/mol. The predicted octanol–water partition coefficient (Wildman–Crippen LogP) is 1.52. The third-order valence-corrected chi connectivity index (χ3v) is 3.39. The molecule has 0 fully saturated rings. The number of nitrogens with zero attached hydrogens (tertiary/aromatic N) is 1. The van der Waals surface area contributed by atoms with Crippen LogP contribution in [0.4, 0.5) is 5.69 Å². The summed E-state index contributed by atoms with van der Waals surface area (Å²) < 4.78 is 0. The third-order valence-electron chi connectivity index (χ3n) is 3.39. The zero-order valence-corrected chi connectivity index (χ0v) is 11.1. The van der Waals surface area contributed by atoms with Gasteiger partial charge >= 0.3 is 0 Å². The number of fused-ring (bicyclic) bond motifs is 1. The molecule has 0 spiro atoms. The molecule has 0 aliphatic carbocycles.